The summed E-state index contributed by atoms with van der Waals surface area (Å²) >= 11 is 0. The topological polar surface area (TPSA) is 49.8 Å². The molecule has 0 saturated carbocycles. The van der Waals surface area contributed by atoms with Gasteiger partial charge in [-0.15, -0.1) is 0 Å². The first-order valence-electron chi connectivity index (χ1n) is 3.82. The Morgan fingerprint density at radius 1 is 1.54 bits per heavy atom. The molecule has 0 bridgehead atoms. The van der Waals surface area contributed by atoms with Gasteiger partial charge in [-0.25, -0.2) is 4.39 Å². The lowest BCUT2D eigenvalue weighted by molar-refractivity contribution is 0.626. The average molecular weight is 176 g/mol. The van der Waals surface area contributed by atoms with Crippen molar-refractivity contribution in [3.8, 4) is 6.07 Å². The second-order valence-electron chi connectivity index (χ2n) is 2.51. The lowest BCUT2D eigenvalue weighted by Crippen LogP contribution is -1.99. The normalized spacial score (nSPS) is 10.2. The molecule has 0 aliphatic rings. The van der Waals surface area contributed by atoms with Crippen molar-refractivity contribution in [3.63, 3.8) is 0 Å². The van der Waals surface area contributed by atoms with Gasteiger partial charge in [-0.3, -0.25) is 0 Å². The Bertz CT molecular complexity index is 364. The van der Waals surface area contributed by atoms with Crippen LogP contribution in [0.4, 0.5) is 4.39 Å². The van der Waals surface area contributed by atoms with Gasteiger partial charge in [0.1, 0.15) is 5.82 Å². The van der Waals surface area contributed by atoms with Crippen LogP contribution in [0.15, 0.2) is 24.3 Å². The van der Waals surface area contributed by atoms with Crippen LogP contribution in [0.3, 0.4) is 0 Å². The molecule has 0 radical (unpaired) electrons. The number of benzene rings is 1. The predicted molar refractivity (Wildman–Crippen MR) is 48.9 cm³/mol. The summed E-state index contributed by atoms with van der Waals surface area (Å²) in [7, 11) is 0. The standard InChI is InChI=1S/C10H9FN2/c11-10-4-3-9(7-13)8(6-10)2-1-5-12/h1-4,6H,7,13H2. The Labute approximate surface area is 76.1 Å². The van der Waals surface area contributed by atoms with E-state index in [2.05, 4.69) is 0 Å². The molecule has 2 nitrogen and oxygen atoms in total. The molecule has 13 heavy (non-hydrogen) atoms. The maximum absolute atomic E-state index is 12.8. The smallest absolute Gasteiger partial charge is 0.123 e. The Morgan fingerprint density at radius 2 is 2.31 bits per heavy atom. The number of hydrogen-bond acceptors (Lipinski definition) is 2. The fourth-order valence-corrected chi connectivity index (χ4v) is 1.03. The molecular weight excluding hydrogens is 167 g/mol. The van der Waals surface area contributed by atoms with Crippen molar-refractivity contribution in [1.29, 1.82) is 5.26 Å². The van der Waals surface area contributed by atoms with Crippen molar-refractivity contribution in [3.05, 3.63) is 41.2 Å². The summed E-state index contributed by atoms with van der Waals surface area (Å²) in [6.07, 6.45) is 2.85. The molecule has 66 valence electrons. The van der Waals surface area contributed by atoms with Crippen LogP contribution in [0.1, 0.15) is 11.1 Å². The average Bonchev–Trinajstić information content (AvgIpc) is 2.15. The third-order valence-corrected chi connectivity index (χ3v) is 1.67. The number of nitrogens with two attached hydrogens (primary N) is 1. The summed E-state index contributed by atoms with van der Waals surface area (Å²) in [6, 6.07) is 6.17. The SMILES string of the molecule is N#CC=Cc1cc(F)ccc1CN. The molecule has 1 rings (SSSR count). The van der Waals surface area contributed by atoms with Crippen molar-refractivity contribution >= 4 is 6.08 Å². The Morgan fingerprint density at radius 3 is 2.92 bits per heavy atom. The second-order valence-corrected chi connectivity index (χ2v) is 2.51. The van der Waals surface area contributed by atoms with E-state index in [9.17, 15) is 4.39 Å². The van der Waals surface area contributed by atoms with E-state index in [1.165, 1.54) is 18.2 Å². The van der Waals surface area contributed by atoms with E-state index in [0.717, 1.165) is 5.56 Å². The summed E-state index contributed by atoms with van der Waals surface area (Å²) in [4.78, 5) is 0. The van der Waals surface area contributed by atoms with E-state index >= 15 is 0 Å². The van der Waals surface area contributed by atoms with Gasteiger partial charge < -0.3 is 5.73 Å². The monoisotopic (exact) mass is 176 g/mol. The molecule has 0 aliphatic heterocycles. The minimum absolute atomic E-state index is 0.324. The number of nitrogens with zero attached hydrogens (tertiary/aromatic N) is 1. The van der Waals surface area contributed by atoms with Crippen LogP contribution >= 0.6 is 0 Å². The van der Waals surface area contributed by atoms with Crippen LogP contribution in [-0.2, 0) is 6.54 Å². The lowest BCUT2D eigenvalue weighted by Gasteiger charge is -2.01. The highest BCUT2D eigenvalue weighted by molar-refractivity contribution is 5.55. The first-order valence-corrected chi connectivity index (χ1v) is 3.82. The van der Waals surface area contributed by atoms with E-state index in [0.29, 0.717) is 12.1 Å². The minimum Gasteiger partial charge on any atom is -0.326 e. The van der Waals surface area contributed by atoms with E-state index in [4.69, 9.17) is 11.0 Å². The molecular formula is C10H9FN2. The molecule has 0 atom stereocenters. The van der Waals surface area contributed by atoms with Crippen molar-refractivity contribution in [2.75, 3.05) is 0 Å². The second kappa shape index (κ2) is 4.39. The number of allylic oxidation sites excluding steroid dienone is 1. The quantitative estimate of drug-likeness (QED) is 0.699. The number of rotatable bonds is 2. The number of nitriles is 1. The van der Waals surface area contributed by atoms with Crippen molar-refractivity contribution in [2.24, 2.45) is 5.73 Å². The van der Waals surface area contributed by atoms with Gasteiger partial charge in [0, 0.05) is 12.6 Å². The van der Waals surface area contributed by atoms with Gasteiger partial charge in [0.15, 0.2) is 0 Å². The Hall–Kier alpha value is -1.66. The third kappa shape index (κ3) is 2.39. The Kier molecular flexibility index (Phi) is 3.18. The molecule has 0 amide bonds. The molecule has 2 N–H and O–H groups in total. The van der Waals surface area contributed by atoms with Crippen LogP contribution in [0.25, 0.3) is 6.08 Å². The molecule has 0 aliphatic carbocycles. The van der Waals surface area contributed by atoms with E-state index in [-0.39, 0.29) is 5.82 Å². The van der Waals surface area contributed by atoms with Gasteiger partial charge >= 0.3 is 0 Å². The molecule has 0 fully saturated rings. The fourth-order valence-electron chi connectivity index (χ4n) is 1.03. The van der Waals surface area contributed by atoms with Crippen LogP contribution in [-0.4, -0.2) is 0 Å². The fraction of sp³-hybridized carbons (Fsp3) is 0.100. The van der Waals surface area contributed by atoms with Gasteiger partial charge in [0.25, 0.3) is 0 Å². The van der Waals surface area contributed by atoms with E-state index < -0.39 is 0 Å². The minimum atomic E-state index is -0.324. The van der Waals surface area contributed by atoms with E-state index in [1.54, 1.807) is 12.1 Å². The number of hydrogen-bond donors (Lipinski definition) is 1. The molecule has 0 unspecified atom stereocenters. The maximum Gasteiger partial charge on any atom is 0.123 e. The molecule has 1 aromatic rings. The molecule has 0 heterocycles. The zero-order valence-corrected chi connectivity index (χ0v) is 7.00. The third-order valence-electron chi connectivity index (χ3n) is 1.67. The van der Waals surface area contributed by atoms with Crippen LogP contribution in [0, 0.1) is 17.1 Å². The molecule has 1 aromatic carbocycles. The highest BCUT2D eigenvalue weighted by atomic mass is 19.1. The summed E-state index contributed by atoms with van der Waals surface area (Å²) in [5.74, 6) is -0.324. The maximum atomic E-state index is 12.8. The molecule has 3 heteroatoms. The van der Waals surface area contributed by atoms with Crippen LogP contribution in [0.2, 0.25) is 0 Å². The zero-order chi connectivity index (χ0) is 9.68. The van der Waals surface area contributed by atoms with Crippen LogP contribution in [0.5, 0.6) is 0 Å². The van der Waals surface area contributed by atoms with Gasteiger partial charge in [0.05, 0.1) is 6.07 Å². The largest absolute Gasteiger partial charge is 0.326 e. The van der Waals surface area contributed by atoms with Gasteiger partial charge in [-0.2, -0.15) is 5.26 Å². The molecule has 0 spiro atoms. The molecule has 0 aromatic heterocycles. The predicted octanol–water partition coefficient (Wildman–Crippen LogP) is 1.82. The summed E-state index contributed by atoms with van der Waals surface area (Å²) in [6.45, 7) is 0.339. The summed E-state index contributed by atoms with van der Waals surface area (Å²) in [5.41, 5.74) is 6.92. The van der Waals surface area contributed by atoms with Crippen molar-refractivity contribution in [1.82, 2.24) is 0 Å². The van der Waals surface area contributed by atoms with E-state index in [1.807, 2.05) is 6.07 Å². The zero-order valence-electron chi connectivity index (χ0n) is 7.00. The van der Waals surface area contributed by atoms with Gasteiger partial charge in [-0.1, -0.05) is 6.07 Å². The first-order chi connectivity index (χ1) is 6.27. The van der Waals surface area contributed by atoms with Crippen molar-refractivity contribution in [2.45, 2.75) is 6.54 Å². The lowest BCUT2D eigenvalue weighted by atomic mass is 10.1. The molecule has 0 saturated heterocycles. The Balaban J connectivity index is 3.10. The highest BCUT2D eigenvalue weighted by Gasteiger charge is 1.98. The number of halogens is 1. The van der Waals surface area contributed by atoms with Gasteiger partial charge in [0.2, 0.25) is 0 Å². The summed E-state index contributed by atoms with van der Waals surface area (Å²) < 4.78 is 12.8. The van der Waals surface area contributed by atoms with Crippen molar-refractivity contribution < 1.29 is 4.39 Å². The van der Waals surface area contributed by atoms with Crippen LogP contribution < -0.4 is 5.73 Å². The van der Waals surface area contributed by atoms with Gasteiger partial charge in [-0.05, 0) is 29.3 Å². The summed E-state index contributed by atoms with van der Waals surface area (Å²) in [5, 5.41) is 8.30. The first kappa shape index (κ1) is 9.43. The highest BCUT2D eigenvalue weighted by Crippen LogP contribution is 2.12.